The van der Waals surface area contributed by atoms with Gasteiger partial charge in [0.05, 0.1) is 6.10 Å². The summed E-state index contributed by atoms with van der Waals surface area (Å²) in [7, 11) is 0. The van der Waals surface area contributed by atoms with Crippen LogP contribution in [0.25, 0.3) is 27.6 Å². The SMILES string of the molecule is CC(C)Oc1ccc(/C=C/C(=O)c2c3ccccc3cc3ccccc23)cc1. The molecular formula is C26H22O2. The number of ether oxygens (including phenoxy) is 1. The third-order valence-electron chi connectivity index (χ3n) is 4.70. The Bertz CT molecular complexity index is 1110. The third kappa shape index (κ3) is 3.67. The van der Waals surface area contributed by atoms with Crippen molar-refractivity contribution in [3.63, 3.8) is 0 Å². The van der Waals surface area contributed by atoms with Crippen molar-refractivity contribution in [3.8, 4) is 5.75 Å². The second-order valence-corrected chi connectivity index (χ2v) is 7.13. The first-order valence-corrected chi connectivity index (χ1v) is 9.51. The Morgan fingerprint density at radius 3 is 1.96 bits per heavy atom. The van der Waals surface area contributed by atoms with Crippen molar-refractivity contribution < 1.29 is 9.53 Å². The van der Waals surface area contributed by atoms with Crippen LogP contribution < -0.4 is 4.74 Å². The van der Waals surface area contributed by atoms with Crippen LogP contribution in [0.2, 0.25) is 0 Å². The van der Waals surface area contributed by atoms with Crippen LogP contribution >= 0.6 is 0 Å². The molecule has 0 unspecified atom stereocenters. The summed E-state index contributed by atoms with van der Waals surface area (Å²) in [5, 5.41) is 4.12. The number of rotatable bonds is 5. The maximum absolute atomic E-state index is 13.1. The molecule has 0 fully saturated rings. The van der Waals surface area contributed by atoms with E-state index in [4.69, 9.17) is 4.74 Å². The quantitative estimate of drug-likeness (QED) is 0.224. The Hall–Kier alpha value is -3.39. The summed E-state index contributed by atoms with van der Waals surface area (Å²) >= 11 is 0. The molecule has 4 rings (SSSR count). The highest BCUT2D eigenvalue weighted by Crippen LogP contribution is 2.29. The first-order chi connectivity index (χ1) is 13.6. The van der Waals surface area contributed by atoms with Crippen LogP contribution in [0.15, 0.2) is 84.9 Å². The van der Waals surface area contributed by atoms with Gasteiger partial charge >= 0.3 is 0 Å². The average molecular weight is 366 g/mol. The number of hydrogen-bond acceptors (Lipinski definition) is 2. The maximum atomic E-state index is 13.1. The minimum absolute atomic E-state index is 0.00973. The molecule has 2 nitrogen and oxygen atoms in total. The monoisotopic (exact) mass is 366 g/mol. The van der Waals surface area contributed by atoms with Gasteiger partial charge in [0.15, 0.2) is 5.78 Å². The Morgan fingerprint density at radius 2 is 1.39 bits per heavy atom. The van der Waals surface area contributed by atoms with Crippen molar-refractivity contribution in [3.05, 3.63) is 96.1 Å². The van der Waals surface area contributed by atoms with E-state index in [9.17, 15) is 4.79 Å². The molecule has 0 aliphatic carbocycles. The highest BCUT2D eigenvalue weighted by Gasteiger charge is 2.12. The largest absolute Gasteiger partial charge is 0.491 e. The van der Waals surface area contributed by atoms with E-state index in [1.807, 2.05) is 80.6 Å². The van der Waals surface area contributed by atoms with Crippen LogP contribution in [0.5, 0.6) is 5.75 Å². The van der Waals surface area contributed by atoms with Crippen LogP contribution in [0.3, 0.4) is 0 Å². The third-order valence-corrected chi connectivity index (χ3v) is 4.70. The summed E-state index contributed by atoms with van der Waals surface area (Å²) in [5.41, 5.74) is 1.72. The number of ketones is 1. The molecule has 4 aromatic carbocycles. The van der Waals surface area contributed by atoms with Gasteiger partial charge in [0.2, 0.25) is 0 Å². The predicted octanol–water partition coefficient (Wildman–Crippen LogP) is 6.68. The zero-order valence-corrected chi connectivity index (χ0v) is 16.1. The van der Waals surface area contributed by atoms with Crippen LogP contribution in [-0.4, -0.2) is 11.9 Å². The van der Waals surface area contributed by atoms with E-state index in [0.717, 1.165) is 38.4 Å². The zero-order chi connectivity index (χ0) is 19.5. The van der Waals surface area contributed by atoms with Gasteiger partial charge in [-0.2, -0.15) is 0 Å². The summed E-state index contributed by atoms with van der Waals surface area (Å²) in [6, 6.07) is 26.0. The highest BCUT2D eigenvalue weighted by atomic mass is 16.5. The van der Waals surface area contributed by atoms with Gasteiger partial charge in [-0.15, -0.1) is 0 Å². The van der Waals surface area contributed by atoms with E-state index in [-0.39, 0.29) is 11.9 Å². The van der Waals surface area contributed by atoms with E-state index in [2.05, 4.69) is 18.2 Å². The van der Waals surface area contributed by atoms with Gasteiger partial charge in [-0.3, -0.25) is 4.79 Å². The van der Waals surface area contributed by atoms with Crippen molar-refractivity contribution in [2.75, 3.05) is 0 Å². The van der Waals surface area contributed by atoms with E-state index in [0.29, 0.717) is 0 Å². The summed E-state index contributed by atoms with van der Waals surface area (Å²) in [6.07, 6.45) is 3.66. The van der Waals surface area contributed by atoms with Crippen LogP contribution in [0.1, 0.15) is 29.8 Å². The number of carbonyl (C=O) groups is 1. The second-order valence-electron chi connectivity index (χ2n) is 7.13. The van der Waals surface area contributed by atoms with Gasteiger partial charge in [-0.25, -0.2) is 0 Å². The van der Waals surface area contributed by atoms with Crippen molar-refractivity contribution >= 4 is 33.4 Å². The Balaban J connectivity index is 1.71. The molecule has 0 aliphatic heterocycles. The molecule has 0 spiro atoms. The maximum Gasteiger partial charge on any atom is 0.187 e. The molecule has 138 valence electrons. The molecule has 0 aliphatic rings. The molecule has 0 radical (unpaired) electrons. The molecule has 0 atom stereocenters. The van der Waals surface area contributed by atoms with Gasteiger partial charge in [0.25, 0.3) is 0 Å². The summed E-state index contributed by atoms with van der Waals surface area (Å²) in [5.74, 6) is 0.842. The summed E-state index contributed by atoms with van der Waals surface area (Å²) in [4.78, 5) is 13.1. The number of hydrogen-bond donors (Lipinski definition) is 0. The molecule has 0 aromatic heterocycles. The van der Waals surface area contributed by atoms with Crippen LogP contribution in [0.4, 0.5) is 0 Å². The van der Waals surface area contributed by atoms with E-state index in [1.54, 1.807) is 6.08 Å². The van der Waals surface area contributed by atoms with Gasteiger partial charge in [-0.1, -0.05) is 66.7 Å². The van der Waals surface area contributed by atoms with Crippen LogP contribution in [-0.2, 0) is 0 Å². The Labute approximate surface area is 165 Å². The lowest BCUT2D eigenvalue weighted by molar-refractivity contribution is 0.105. The summed E-state index contributed by atoms with van der Waals surface area (Å²) in [6.45, 7) is 4.00. The Kier molecular flexibility index (Phi) is 4.94. The van der Waals surface area contributed by atoms with E-state index >= 15 is 0 Å². The fraction of sp³-hybridized carbons (Fsp3) is 0.115. The molecule has 2 heteroatoms. The fourth-order valence-electron chi connectivity index (χ4n) is 3.46. The normalized spacial score (nSPS) is 11.5. The molecule has 0 bridgehead atoms. The van der Waals surface area contributed by atoms with Gasteiger partial charge < -0.3 is 4.74 Å². The molecule has 28 heavy (non-hydrogen) atoms. The number of carbonyl (C=O) groups excluding carboxylic acids is 1. The van der Waals surface area contributed by atoms with Crippen molar-refractivity contribution in [1.82, 2.24) is 0 Å². The van der Waals surface area contributed by atoms with Crippen molar-refractivity contribution in [2.45, 2.75) is 20.0 Å². The number of allylic oxidation sites excluding steroid dienone is 1. The highest BCUT2D eigenvalue weighted by molar-refractivity contribution is 6.23. The fourth-order valence-corrected chi connectivity index (χ4v) is 3.46. The van der Waals surface area contributed by atoms with E-state index in [1.165, 1.54) is 0 Å². The Morgan fingerprint density at radius 1 is 0.821 bits per heavy atom. The lowest BCUT2D eigenvalue weighted by atomic mass is 9.94. The number of fused-ring (bicyclic) bond motifs is 2. The lowest BCUT2D eigenvalue weighted by Gasteiger charge is -2.10. The van der Waals surface area contributed by atoms with Crippen molar-refractivity contribution in [1.29, 1.82) is 0 Å². The molecule has 0 amide bonds. The lowest BCUT2D eigenvalue weighted by Crippen LogP contribution is -2.05. The smallest absolute Gasteiger partial charge is 0.187 e. The zero-order valence-electron chi connectivity index (χ0n) is 16.1. The van der Waals surface area contributed by atoms with Gasteiger partial charge in [-0.05, 0) is 65.2 Å². The minimum Gasteiger partial charge on any atom is -0.491 e. The summed E-state index contributed by atoms with van der Waals surface area (Å²) < 4.78 is 5.67. The minimum atomic E-state index is 0.00973. The topological polar surface area (TPSA) is 26.3 Å². The predicted molar refractivity (Wildman–Crippen MR) is 117 cm³/mol. The standard InChI is InChI=1S/C26H22O2/c1-18(2)28-22-14-11-19(12-15-22)13-16-25(27)26-23-9-5-3-7-20(23)17-21-8-4-6-10-24(21)26/h3-18H,1-2H3/b16-13+. The van der Waals surface area contributed by atoms with Crippen LogP contribution in [0, 0.1) is 0 Å². The van der Waals surface area contributed by atoms with Gasteiger partial charge in [0, 0.05) is 5.56 Å². The molecule has 0 saturated heterocycles. The number of benzene rings is 4. The first-order valence-electron chi connectivity index (χ1n) is 9.51. The molecule has 0 saturated carbocycles. The molecular weight excluding hydrogens is 344 g/mol. The second kappa shape index (κ2) is 7.69. The first kappa shape index (κ1) is 18.0. The van der Waals surface area contributed by atoms with Gasteiger partial charge in [0.1, 0.15) is 5.75 Å². The molecule has 0 heterocycles. The average Bonchev–Trinajstić information content (AvgIpc) is 2.71. The molecule has 0 N–H and O–H groups in total. The van der Waals surface area contributed by atoms with Crippen molar-refractivity contribution in [2.24, 2.45) is 0 Å². The van der Waals surface area contributed by atoms with E-state index < -0.39 is 0 Å². The molecule has 4 aromatic rings.